The molecule has 0 aromatic heterocycles. The summed E-state index contributed by atoms with van der Waals surface area (Å²) in [4.78, 5) is 0.144. The first kappa shape index (κ1) is 26.8. The SMILES string of the molecule is Cc1ccc(S(=O)(=O)OCCOCCOCCOCC#C[Si](C)(C)C(C)(C)C)cc1. The monoisotopic (exact) mass is 456 g/mol. The zero-order valence-electron chi connectivity index (χ0n) is 19.1. The smallest absolute Gasteiger partial charge is 0.297 e. The topological polar surface area (TPSA) is 71.1 Å². The Kier molecular flexibility index (Phi) is 11.3. The van der Waals surface area contributed by atoms with E-state index in [2.05, 4.69) is 45.3 Å². The van der Waals surface area contributed by atoms with Gasteiger partial charge in [-0.25, -0.2) is 0 Å². The lowest BCUT2D eigenvalue weighted by Gasteiger charge is -2.31. The van der Waals surface area contributed by atoms with Crippen molar-refractivity contribution in [1.82, 2.24) is 0 Å². The molecule has 0 amide bonds. The molecule has 30 heavy (non-hydrogen) atoms. The van der Waals surface area contributed by atoms with Crippen molar-refractivity contribution in [3.63, 3.8) is 0 Å². The van der Waals surface area contributed by atoms with E-state index in [9.17, 15) is 8.42 Å². The summed E-state index contributed by atoms with van der Waals surface area (Å²) in [5.74, 6) is 3.13. The van der Waals surface area contributed by atoms with Gasteiger partial charge in [0.05, 0.1) is 44.5 Å². The van der Waals surface area contributed by atoms with E-state index in [0.29, 0.717) is 33.0 Å². The van der Waals surface area contributed by atoms with Gasteiger partial charge in [0.15, 0.2) is 0 Å². The molecule has 0 N–H and O–H groups in total. The number of aryl methyl sites for hydroxylation is 1. The second kappa shape index (κ2) is 12.6. The zero-order chi connectivity index (χ0) is 22.7. The van der Waals surface area contributed by atoms with Crippen LogP contribution in [0.4, 0.5) is 0 Å². The Hall–Kier alpha value is -1.21. The summed E-state index contributed by atoms with van der Waals surface area (Å²) in [5, 5.41) is 0.249. The molecular formula is C22H36O6SSi. The van der Waals surface area contributed by atoms with Gasteiger partial charge in [-0.2, -0.15) is 8.42 Å². The molecule has 0 atom stereocenters. The maximum absolute atomic E-state index is 12.0. The molecule has 0 saturated heterocycles. The number of ether oxygens (including phenoxy) is 3. The van der Waals surface area contributed by atoms with E-state index in [4.69, 9.17) is 18.4 Å². The van der Waals surface area contributed by atoms with E-state index in [0.717, 1.165) is 5.56 Å². The van der Waals surface area contributed by atoms with E-state index in [1.54, 1.807) is 12.1 Å². The predicted molar refractivity (Wildman–Crippen MR) is 122 cm³/mol. The molecule has 0 aliphatic carbocycles. The minimum Gasteiger partial charge on any atom is -0.377 e. The molecule has 6 nitrogen and oxygen atoms in total. The summed E-state index contributed by atoms with van der Waals surface area (Å²) in [7, 11) is -5.32. The quantitative estimate of drug-likeness (QED) is 0.206. The Labute approximate surface area is 183 Å². The maximum Gasteiger partial charge on any atom is 0.297 e. The average Bonchev–Trinajstić information content (AvgIpc) is 2.64. The Balaban J connectivity index is 2.04. The third-order valence-electron chi connectivity index (χ3n) is 4.97. The van der Waals surface area contributed by atoms with Gasteiger partial charge in [0, 0.05) is 0 Å². The molecule has 0 unspecified atom stereocenters. The molecule has 8 heteroatoms. The fourth-order valence-corrected chi connectivity index (χ4v) is 3.77. The average molecular weight is 457 g/mol. The molecule has 0 saturated carbocycles. The molecule has 170 valence electrons. The predicted octanol–water partition coefficient (Wildman–Crippen LogP) is 3.80. The van der Waals surface area contributed by atoms with Crippen LogP contribution in [0.5, 0.6) is 0 Å². The van der Waals surface area contributed by atoms with Crippen molar-refractivity contribution in [2.24, 2.45) is 0 Å². The Morgan fingerprint density at radius 1 is 0.867 bits per heavy atom. The summed E-state index contributed by atoms with van der Waals surface area (Å²) in [6, 6.07) is 6.52. The van der Waals surface area contributed by atoms with E-state index in [1.807, 2.05) is 6.92 Å². The van der Waals surface area contributed by atoms with Crippen LogP contribution in [-0.2, 0) is 28.5 Å². The summed E-state index contributed by atoms with van der Waals surface area (Å²) >= 11 is 0. The van der Waals surface area contributed by atoms with Gasteiger partial charge in [-0.05, 0) is 24.1 Å². The molecule has 0 aliphatic heterocycles. The third kappa shape index (κ3) is 10.2. The van der Waals surface area contributed by atoms with Crippen molar-refractivity contribution in [2.45, 2.75) is 50.7 Å². The standard InChI is InChI=1S/C22H36O6SSi/c1-20-8-10-21(11-9-20)29(23,24)28-18-17-27-16-15-26-14-13-25-12-7-19-30(5,6)22(2,3)4/h8-11H,12-18H2,1-6H3. The molecule has 1 aromatic rings. The highest BCUT2D eigenvalue weighted by Gasteiger charge is 2.33. The van der Waals surface area contributed by atoms with Crippen LogP contribution in [0.1, 0.15) is 26.3 Å². The summed E-state index contributed by atoms with van der Waals surface area (Å²) < 4.78 is 45.2. The highest BCUT2D eigenvalue weighted by Crippen LogP contribution is 2.35. The molecule has 1 aromatic carbocycles. The molecule has 1 rings (SSSR count). The first-order valence-electron chi connectivity index (χ1n) is 10.1. The third-order valence-corrected chi connectivity index (χ3v) is 10.8. The first-order chi connectivity index (χ1) is 14.0. The van der Waals surface area contributed by atoms with Gasteiger partial charge in [0.2, 0.25) is 0 Å². The van der Waals surface area contributed by atoms with Crippen LogP contribution in [0.3, 0.4) is 0 Å². The number of rotatable bonds is 12. The number of hydrogen-bond acceptors (Lipinski definition) is 6. The molecule has 0 fully saturated rings. The fourth-order valence-electron chi connectivity index (χ4n) is 1.98. The van der Waals surface area contributed by atoms with Crippen LogP contribution in [-0.4, -0.2) is 62.7 Å². The summed E-state index contributed by atoms with van der Waals surface area (Å²) in [5.41, 5.74) is 4.39. The van der Waals surface area contributed by atoms with Gasteiger partial charge in [0.25, 0.3) is 10.1 Å². The molecule has 0 radical (unpaired) electrons. The van der Waals surface area contributed by atoms with Gasteiger partial charge in [0.1, 0.15) is 14.7 Å². The molecule has 0 bridgehead atoms. The Morgan fingerprint density at radius 2 is 1.37 bits per heavy atom. The van der Waals surface area contributed by atoms with Gasteiger partial charge in [-0.15, -0.1) is 5.54 Å². The van der Waals surface area contributed by atoms with Crippen molar-refractivity contribution in [1.29, 1.82) is 0 Å². The van der Waals surface area contributed by atoms with Crippen molar-refractivity contribution < 1.29 is 26.8 Å². The number of benzene rings is 1. The lowest BCUT2D eigenvalue weighted by molar-refractivity contribution is 0.0146. The van der Waals surface area contributed by atoms with Crippen molar-refractivity contribution >= 4 is 18.2 Å². The Morgan fingerprint density at radius 3 is 1.90 bits per heavy atom. The van der Waals surface area contributed by atoms with Crippen molar-refractivity contribution in [3.05, 3.63) is 29.8 Å². The first-order valence-corrected chi connectivity index (χ1v) is 14.6. The Bertz CT molecular complexity index is 786. The lowest BCUT2D eigenvalue weighted by Crippen LogP contribution is -2.35. The molecule has 0 aliphatic rings. The van der Waals surface area contributed by atoms with E-state index < -0.39 is 18.2 Å². The summed E-state index contributed by atoms with van der Waals surface area (Å²) in [6.07, 6.45) is 0. The molecule has 0 spiro atoms. The van der Waals surface area contributed by atoms with E-state index in [-0.39, 0.29) is 23.1 Å². The minimum absolute atomic E-state index is 0.0355. The highest BCUT2D eigenvalue weighted by atomic mass is 32.2. The van der Waals surface area contributed by atoms with E-state index in [1.165, 1.54) is 12.1 Å². The highest BCUT2D eigenvalue weighted by molar-refractivity contribution is 7.86. The molecular weight excluding hydrogens is 420 g/mol. The van der Waals surface area contributed by atoms with Gasteiger partial charge in [-0.1, -0.05) is 57.5 Å². The minimum atomic E-state index is -3.74. The number of hydrogen-bond donors (Lipinski definition) is 0. The zero-order valence-corrected chi connectivity index (χ0v) is 20.9. The van der Waals surface area contributed by atoms with Gasteiger partial charge < -0.3 is 14.2 Å². The largest absolute Gasteiger partial charge is 0.377 e. The van der Waals surface area contributed by atoms with Crippen LogP contribution in [0.2, 0.25) is 18.1 Å². The normalized spacial score (nSPS) is 12.5. The second-order valence-electron chi connectivity index (χ2n) is 8.54. The second-order valence-corrected chi connectivity index (χ2v) is 15.2. The lowest BCUT2D eigenvalue weighted by atomic mass is 10.2. The summed E-state index contributed by atoms with van der Waals surface area (Å²) in [6.45, 7) is 15.4. The van der Waals surface area contributed by atoms with Crippen molar-refractivity contribution in [2.75, 3.05) is 46.2 Å². The van der Waals surface area contributed by atoms with Crippen molar-refractivity contribution in [3.8, 4) is 11.5 Å². The van der Waals surface area contributed by atoms with Gasteiger partial charge >= 0.3 is 0 Å². The van der Waals surface area contributed by atoms with Gasteiger partial charge in [-0.3, -0.25) is 4.18 Å². The van der Waals surface area contributed by atoms with Crippen LogP contribution in [0, 0.1) is 18.4 Å². The fraction of sp³-hybridized carbons (Fsp3) is 0.636. The van der Waals surface area contributed by atoms with Crippen LogP contribution in [0.25, 0.3) is 0 Å². The van der Waals surface area contributed by atoms with Crippen LogP contribution < -0.4 is 0 Å². The maximum atomic E-state index is 12.0. The van der Waals surface area contributed by atoms with E-state index >= 15 is 0 Å². The molecule has 0 heterocycles. The van der Waals surface area contributed by atoms with Crippen LogP contribution >= 0.6 is 0 Å². The van der Waals surface area contributed by atoms with Crippen LogP contribution in [0.15, 0.2) is 29.2 Å².